The highest BCUT2D eigenvalue weighted by Crippen LogP contribution is 2.67. The Bertz CT molecular complexity index is 544. The molecule has 22 heavy (non-hydrogen) atoms. The lowest BCUT2D eigenvalue weighted by molar-refractivity contribution is -0.170. The van der Waals surface area contributed by atoms with Gasteiger partial charge in [-0.3, -0.25) is 9.59 Å². The summed E-state index contributed by atoms with van der Waals surface area (Å²) in [5.74, 6) is 1.39. The first-order chi connectivity index (χ1) is 10.3. The topological polar surface area (TPSA) is 34.1 Å². The number of hydrogen-bond acceptors (Lipinski definition) is 2. The van der Waals surface area contributed by atoms with Gasteiger partial charge in [-0.15, -0.1) is 0 Å². The van der Waals surface area contributed by atoms with E-state index in [0.29, 0.717) is 49.7 Å². The van der Waals surface area contributed by atoms with Crippen LogP contribution in [0.25, 0.3) is 0 Å². The molecule has 0 saturated heterocycles. The molecule has 0 N–H and O–H groups in total. The second-order valence-corrected chi connectivity index (χ2v) is 8.89. The van der Waals surface area contributed by atoms with E-state index in [1.807, 2.05) is 6.92 Å². The minimum atomic E-state index is -1.29. The van der Waals surface area contributed by atoms with Crippen LogP contribution in [0.5, 0.6) is 0 Å². The van der Waals surface area contributed by atoms with Crippen LogP contribution in [-0.2, 0) is 9.59 Å². The fraction of sp³-hybridized carbons (Fsp3) is 0.895. The SMILES string of the molecule is C[C@]12CCC(=O)CC1CC[C@@H]1[C@H]2CC[C@]2(C)C(=O)CC[C@@]12F. The molecule has 0 spiro atoms. The van der Waals surface area contributed by atoms with Crippen molar-refractivity contribution < 1.29 is 14.0 Å². The molecule has 4 aliphatic carbocycles. The number of ketones is 2. The van der Waals surface area contributed by atoms with Crippen molar-refractivity contribution >= 4 is 11.6 Å². The first kappa shape index (κ1) is 14.8. The molecule has 0 aromatic heterocycles. The van der Waals surface area contributed by atoms with Gasteiger partial charge in [-0.2, -0.15) is 0 Å². The summed E-state index contributed by atoms with van der Waals surface area (Å²) in [5, 5.41) is 0. The largest absolute Gasteiger partial charge is 0.300 e. The third-order valence-corrected chi connectivity index (χ3v) is 8.30. The Morgan fingerprint density at radius 3 is 2.50 bits per heavy atom. The Hall–Kier alpha value is -0.730. The molecule has 0 bridgehead atoms. The number of hydrogen-bond donors (Lipinski definition) is 0. The molecule has 0 amide bonds. The van der Waals surface area contributed by atoms with Gasteiger partial charge in [0.2, 0.25) is 0 Å². The van der Waals surface area contributed by atoms with Crippen molar-refractivity contribution in [3.05, 3.63) is 0 Å². The number of fused-ring (bicyclic) bond motifs is 5. The molecule has 4 rings (SSSR count). The maximum atomic E-state index is 16.0. The zero-order valence-corrected chi connectivity index (χ0v) is 13.8. The number of carbonyl (C=O) groups is 2. The zero-order valence-electron chi connectivity index (χ0n) is 13.8. The van der Waals surface area contributed by atoms with Crippen molar-refractivity contribution in [1.29, 1.82) is 0 Å². The molecule has 4 fully saturated rings. The molecule has 6 atom stereocenters. The summed E-state index contributed by atoms with van der Waals surface area (Å²) in [6.45, 7) is 4.20. The summed E-state index contributed by atoms with van der Waals surface area (Å²) in [7, 11) is 0. The van der Waals surface area contributed by atoms with E-state index >= 15 is 4.39 Å². The Kier molecular flexibility index (Phi) is 2.98. The maximum Gasteiger partial charge on any atom is 0.142 e. The first-order valence-corrected chi connectivity index (χ1v) is 9.05. The average molecular weight is 306 g/mol. The fourth-order valence-electron chi connectivity index (χ4n) is 6.73. The van der Waals surface area contributed by atoms with Crippen LogP contribution in [0.1, 0.15) is 71.6 Å². The van der Waals surface area contributed by atoms with Crippen molar-refractivity contribution in [2.75, 3.05) is 0 Å². The van der Waals surface area contributed by atoms with E-state index in [-0.39, 0.29) is 17.1 Å². The van der Waals surface area contributed by atoms with Gasteiger partial charge in [0.25, 0.3) is 0 Å². The van der Waals surface area contributed by atoms with Crippen LogP contribution in [0.2, 0.25) is 0 Å². The van der Waals surface area contributed by atoms with Gasteiger partial charge >= 0.3 is 0 Å². The van der Waals surface area contributed by atoms with Crippen molar-refractivity contribution in [3.63, 3.8) is 0 Å². The number of Topliss-reactive ketones (excluding diaryl/α,β-unsaturated/α-hetero) is 2. The lowest BCUT2D eigenvalue weighted by Crippen LogP contribution is -2.60. The van der Waals surface area contributed by atoms with Crippen molar-refractivity contribution in [1.82, 2.24) is 0 Å². The Morgan fingerprint density at radius 2 is 1.73 bits per heavy atom. The summed E-state index contributed by atoms with van der Waals surface area (Å²) >= 11 is 0. The lowest BCUT2D eigenvalue weighted by atomic mass is 9.44. The molecule has 4 saturated carbocycles. The van der Waals surface area contributed by atoms with Crippen molar-refractivity contribution in [2.24, 2.45) is 28.6 Å². The molecule has 0 aromatic rings. The minimum absolute atomic E-state index is 0.0344. The van der Waals surface area contributed by atoms with Crippen LogP contribution in [0.15, 0.2) is 0 Å². The molecule has 0 aromatic carbocycles. The number of halogens is 1. The van der Waals surface area contributed by atoms with Crippen LogP contribution < -0.4 is 0 Å². The van der Waals surface area contributed by atoms with E-state index in [9.17, 15) is 9.59 Å². The van der Waals surface area contributed by atoms with Gasteiger partial charge in [-0.05, 0) is 68.6 Å². The molecule has 0 heterocycles. The van der Waals surface area contributed by atoms with Gasteiger partial charge in [-0.1, -0.05) is 6.92 Å². The summed E-state index contributed by atoms with van der Waals surface area (Å²) < 4.78 is 16.0. The Morgan fingerprint density at radius 1 is 0.955 bits per heavy atom. The molecule has 1 unspecified atom stereocenters. The first-order valence-electron chi connectivity index (χ1n) is 9.05. The standard InChI is InChI=1S/C19H27FO2/c1-17-8-5-13(21)11-12(17)3-4-15-14(17)6-9-18(2)16(22)7-10-19(15,18)20/h12,14-15H,3-11H2,1-2H3/t12?,14-,15-,17+,18-,19-/m1/s1. The van der Waals surface area contributed by atoms with Crippen LogP contribution in [0.4, 0.5) is 4.39 Å². The van der Waals surface area contributed by atoms with E-state index in [1.54, 1.807) is 0 Å². The molecular formula is C19H27FO2. The predicted octanol–water partition coefficient (Wildman–Crippen LogP) is 4.26. The third-order valence-electron chi connectivity index (χ3n) is 8.30. The normalized spacial score (nSPS) is 54.6. The van der Waals surface area contributed by atoms with Gasteiger partial charge in [-0.25, -0.2) is 4.39 Å². The summed E-state index contributed by atoms with van der Waals surface area (Å²) in [6.07, 6.45) is 6.69. The van der Waals surface area contributed by atoms with Crippen LogP contribution >= 0.6 is 0 Å². The van der Waals surface area contributed by atoms with E-state index in [1.165, 1.54) is 0 Å². The van der Waals surface area contributed by atoms with Crippen molar-refractivity contribution in [3.8, 4) is 0 Å². The minimum Gasteiger partial charge on any atom is -0.300 e. The summed E-state index contributed by atoms with van der Waals surface area (Å²) in [6, 6.07) is 0. The number of carbonyl (C=O) groups excluding carboxylic acids is 2. The summed E-state index contributed by atoms with van der Waals surface area (Å²) in [5.41, 5.74) is -1.91. The van der Waals surface area contributed by atoms with Gasteiger partial charge < -0.3 is 0 Å². The second kappa shape index (κ2) is 4.42. The molecule has 4 aliphatic rings. The van der Waals surface area contributed by atoms with Crippen molar-refractivity contribution in [2.45, 2.75) is 77.3 Å². The quantitative estimate of drug-likeness (QED) is 0.670. The monoisotopic (exact) mass is 306 g/mol. The molecule has 0 aliphatic heterocycles. The van der Waals surface area contributed by atoms with E-state index in [2.05, 4.69) is 6.92 Å². The summed E-state index contributed by atoms with van der Waals surface area (Å²) in [4.78, 5) is 24.2. The molecule has 0 radical (unpaired) electrons. The van der Waals surface area contributed by atoms with Gasteiger partial charge in [0.1, 0.15) is 17.2 Å². The van der Waals surface area contributed by atoms with Gasteiger partial charge in [0.15, 0.2) is 0 Å². The second-order valence-electron chi connectivity index (χ2n) is 8.89. The number of alkyl halides is 1. The molecule has 2 nitrogen and oxygen atoms in total. The zero-order chi connectivity index (χ0) is 15.8. The van der Waals surface area contributed by atoms with Crippen LogP contribution in [0, 0.1) is 28.6 Å². The van der Waals surface area contributed by atoms with E-state index < -0.39 is 11.1 Å². The maximum absolute atomic E-state index is 16.0. The molecular weight excluding hydrogens is 279 g/mol. The highest BCUT2D eigenvalue weighted by molar-refractivity contribution is 5.88. The van der Waals surface area contributed by atoms with Gasteiger partial charge in [0.05, 0.1) is 5.41 Å². The lowest BCUT2D eigenvalue weighted by Gasteiger charge is -2.61. The highest BCUT2D eigenvalue weighted by Gasteiger charge is 2.68. The third kappa shape index (κ3) is 1.61. The van der Waals surface area contributed by atoms with Crippen LogP contribution in [-0.4, -0.2) is 17.2 Å². The van der Waals surface area contributed by atoms with E-state index in [0.717, 1.165) is 25.7 Å². The molecule has 3 heteroatoms. The highest BCUT2D eigenvalue weighted by atomic mass is 19.1. The fourth-order valence-corrected chi connectivity index (χ4v) is 6.73. The average Bonchev–Trinajstić information content (AvgIpc) is 2.72. The van der Waals surface area contributed by atoms with Gasteiger partial charge in [0, 0.05) is 19.3 Å². The Labute approximate surface area is 132 Å². The number of rotatable bonds is 0. The van der Waals surface area contributed by atoms with E-state index in [4.69, 9.17) is 0 Å². The van der Waals surface area contributed by atoms with Crippen LogP contribution in [0.3, 0.4) is 0 Å². The smallest absolute Gasteiger partial charge is 0.142 e. The Balaban J connectivity index is 1.71. The predicted molar refractivity (Wildman–Crippen MR) is 82.1 cm³/mol. The molecule has 122 valence electrons.